The maximum absolute atomic E-state index is 12.8. The fourth-order valence-electron chi connectivity index (χ4n) is 6.36. The molecule has 4 atom stereocenters. The molecular formula is C27H29N5O4. The number of nitriles is 1. The number of H-pyrrole nitrogens is 1. The Morgan fingerprint density at radius 2 is 2.00 bits per heavy atom. The minimum Gasteiger partial charge on any atom is -0.454 e. The van der Waals surface area contributed by atoms with E-state index in [4.69, 9.17) is 14.6 Å². The zero-order valence-corrected chi connectivity index (χ0v) is 20.4. The molecule has 3 saturated heterocycles. The molecule has 2 aromatic heterocycles. The van der Waals surface area contributed by atoms with Gasteiger partial charge in [-0.25, -0.2) is 0 Å². The maximum Gasteiger partial charge on any atom is 0.310 e. The van der Waals surface area contributed by atoms with E-state index in [9.17, 15) is 14.9 Å². The first-order chi connectivity index (χ1) is 17.3. The van der Waals surface area contributed by atoms with Crippen LogP contribution in [0, 0.1) is 28.6 Å². The lowest BCUT2D eigenvalue weighted by Gasteiger charge is -2.53. The van der Waals surface area contributed by atoms with Crippen molar-refractivity contribution >= 4 is 28.4 Å². The maximum atomic E-state index is 12.8. The van der Waals surface area contributed by atoms with Gasteiger partial charge in [-0.3, -0.25) is 14.3 Å². The van der Waals surface area contributed by atoms with Gasteiger partial charge in [0.1, 0.15) is 11.0 Å². The van der Waals surface area contributed by atoms with Crippen LogP contribution in [-0.4, -0.2) is 33.9 Å². The van der Waals surface area contributed by atoms with Crippen LogP contribution >= 0.6 is 0 Å². The van der Waals surface area contributed by atoms with Crippen molar-refractivity contribution in [3.8, 4) is 6.07 Å². The quantitative estimate of drug-likeness (QED) is 0.530. The molecule has 2 N–H and O–H groups in total. The number of fused-ring (bicyclic) bond motifs is 4. The summed E-state index contributed by atoms with van der Waals surface area (Å²) in [5.41, 5.74) is 1.46. The van der Waals surface area contributed by atoms with E-state index in [0.717, 1.165) is 30.5 Å². The van der Waals surface area contributed by atoms with Gasteiger partial charge in [0.25, 0.3) is 5.56 Å². The first kappa shape index (κ1) is 22.8. The normalized spacial score (nSPS) is 29.0. The van der Waals surface area contributed by atoms with Crippen LogP contribution in [0.4, 0.5) is 11.5 Å². The summed E-state index contributed by atoms with van der Waals surface area (Å²) in [7, 11) is 0. The van der Waals surface area contributed by atoms with E-state index in [2.05, 4.69) is 30.2 Å². The Balaban J connectivity index is 1.33. The number of esters is 1. The highest BCUT2D eigenvalue weighted by Crippen LogP contribution is 2.56. The topological polar surface area (TPSA) is 122 Å². The van der Waals surface area contributed by atoms with Gasteiger partial charge in [-0.05, 0) is 54.9 Å². The predicted molar refractivity (Wildman–Crippen MR) is 133 cm³/mol. The number of ether oxygens (including phenoxy) is 2. The van der Waals surface area contributed by atoms with E-state index in [1.165, 1.54) is 0 Å². The number of pyridine rings is 1. The number of rotatable bonds is 4. The van der Waals surface area contributed by atoms with E-state index < -0.39 is 5.60 Å². The predicted octanol–water partition coefficient (Wildman–Crippen LogP) is 4.15. The lowest BCUT2D eigenvalue weighted by Crippen LogP contribution is -2.54. The van der Waals surface area contributed by atoms with Crippen molar-refractivity contribution in [2.45, 2.75) is 51.2 Å². The monoisotopic (exact) mass is 487 g/mol. The van der Waals surface area contributed by atoms with Gasteiger partial charge in [-0.15, -0.1) is 0 Å². The number of aromatic amines is 1. The van der Waals surface area contributed by atoms with E-state index in [0.29, 0.717) is 36.4 Å². The average Bonchev–Trinajstić information content (AvgIpc) is 3.23. The number of carbonyl (C=O) groups excluding carboxylic acids is 1. The van der Waals surface area contributed by atoms with Crippen LogP contribution in [0.2, 0.25) is 0 Å². The highest BCUT2D eigenvalue weighted by molar-refractivity contribution is 5.91. The molecule has 186 valence electrons. The second-order valence-corrected chi connectivity index (χ2v) is 10.9. The summed E-state index contributed by atoms with van der Waals surface area (Å²) in [5, 5.41) is 18.1. The Kier molecular flexibility index (Phi) is 5.20. The molecule has 36 heavy (non-hydrogen) atoms. The lowest BCUT2D eigenvalue weighted by atomic mass is 9.59. The molecule has 1 aliphatic carbocycles. The van der Waals surface area contributed by atoms with Gasteiger partial charge in [0.15, 0.2) is 5.82 Å². The molecule has 0 spiro atoms. The number of benzene rings is 1. The summed E-state index contributed by atoms with van der Waals surface area (Å²) in [4.78, 5) is 28.1. The van der Waals surface area contributed by atoms with Gasteiger partial charge in [0, 0.05) is 18.5 Å². The van der Waals surface area contributed by atoms with Crippen molar-refractivity contribution in [3.63, 3.8) is 0 Å². The summed E-state index contributed by atoms with van der Waals surface area (Å²) < 4.78 is 13.3. The number of aromatic nitrogens is 3. The first-order valence-electron chi connectivity index (χ1n) is 12.5. The Morgan fingerprint density at radius 3 is 2.72 bits per heavy atom. The van der Waals surface area contributed by atoms with Gasteiger partial charge in [-0.2, -0.15) is 10.4 Å². The molecule has 0 radical (unpaired) electrons. The number of nitrogens with one attached hydrogen (secondary N) is 2. The molecule has 9 heteroatoms. The standard InChI is InChI=1S/C27H29N5O4/c1-26(2)15-27(10-7-19(26)25(34)36-27)17-3-5-18(6-4-17)30-23-22-20(8-11-29-24(22)33)32(31-23)21-14-35-12-9-16(21)13-28/h3-6,8,11,16,19,21H,7,9-10,12,14-15H2,1-2H3,(H,29,33)(H,30,31)/t16-,19?,21+,27?/m1/s1. The van der Waals surface area contributed by atoms with Gasteiger partial charge in [-0.1, -0.05) is 26.0 Å². The van der Waals surface area contributed by atoms with Gasteiger partial charge >= 0.3 is 5.97 Å². The number of hydrogen-bond donors (Lipinski definition) is 2. The molecule has 4 fully saturated rings. The third kappa shape index (κ3) is 3.51. The molecule has 2 bridgehead atoms. The Hall–Kier alpha value is -3.64. The molecule has 3 aromatic rings. The number of anilines is 2. The van der Waals surface area contributed by atoms with Crippen molar-refractivity contribution in [3.05, 3.63) is 52.4 Å². The second kappa shape index (κ2) is 8.20. The van der Waals surface area contributed by atoms with Crippen molar-refractivity contribution < 1.29 is 14.3 Å². The fourth-order valence-corrected chi connectivity index (χ4v) is 6.36. The summed E-state index contributed by atoms with van der Waals surface area (Å²) in [6.45, 7) is 5.21. The van der Waals surface area contributed by atoms with Crippen LogP contribution in [0.5, 0.6) is 0 Å². The lowest BCUT2D eigenvalue weighted by molar-refractivity contribution is -0.209. The Bertz CT molecular complexity index is 1430. The van der Waals surface area contributed by atoms with E-state index in [1.807, 2.05) is 24.3 Å². The smallest absolute Gasteiger partial charge is 0.310 e. The van der Waals surface area contributed by atoms with Crippen LogP contribution in [-0.2, 0) is 19.9 Å². The van der Waals surface area contributed by atoms with E-state index in [-0.39, 0.29) is 34.8 Å². The SMILES string of the molecule is CC1(C)CC2(c3ccc(Nc4nn([C@H]5COCC[C@@H]5C#N)c5cc[nH]c(=O)c45)cc3)CCC1C(=O)O2. The van der Waals surface area contributed by atoms with Crippen molar-refractivity contribution in [2.75, 3.05) is 18.5 Å². The third-order valence-corrected chi connectivity index (χ3v) is 8.21. The van der Waals surface area contributed by atoms with Crippen LogP contribution in [0.25, 0.3) is 10.9 Å². The first-order valence-corrected chi connectivity index (χ1v) is 12.5. The molecule has 7 rings (SSSR count). The van der Waals surface area contributed by atoms with Crippen LogP contribution in [0.15, 0.2) is 41.3 Å². The van der Waals surface area contributed by atoms with Gasteiger partial charge < -0.3 is 19.8 Å². The number of nitrogens with zero attached hydrogens (tertiary/aromatic N) is 3. The average molecular weight is 488 g/mol. The largest absolute Gasteiger partial charge is 0.454 e. The van der Waals surface area contributed by atoms with Crippen LogP contribution in [0.3, 0.4) is 0 Å². The van der Waals surface area contributed by atoms with Crippen LogP contribution < -0.4 is 10.9 Å². The third-order valence-electron chi connectivity index (χ3n) is 8.21. The highest BCUT2D eigenvalue weighted by Gasteiger charge is 2.56. The zero-order valence-electron chi connectivity index (χ0n) is 20.4. The molecule has 5 heterocycles. The second-order valence-electron chi connectivity index (χ2n) is 10.9. The minimum absolute atomic E-state index is 0.0306. The summed E-state index contributed by atoms with van der Waals surface area (Å²) >= 11 is 0. The molecule has 1 saturated carbocycles. The van der Waals surface area contributed by atoms with Crippen LogP contribution in [0.1, 0.15) is 51.1 Å². The van der Waals surface area contributed by atoms with E-state index in [1.54, 1.807) is 16.9 Å². The van der Waals surface area contributed by atoms with Crippen molar-refractivity contribution in [2.24, 2.45) is 17.3 Å². The molecule has 1 aromatic carbocycles. The fraction of sp³-hybridized carbons (Fsp3) is 0.481. The molecular weight excluding hydrogens is 458 g/mol. The number of hydrogen-bond acceptors (Lipinski definition) is 7. The van der Waals surface area contributed by atoms with Gasteiger partial charge in [0.2, 0.25) is 0 Å². The molecule has 9 nitrogen and oxygen atoms in total. The molecule has 2 unspecified atom stereocenters. The molecule has 0 amide bonds. The number of carbonyl (C=O) groups is 1. The molecule has 3 aliphatic heterocycles. The van der Waals surface area contributed by atoms with Crippen molar-refractivity contribution in [1.29, 1.82) is 5.26 Å². The summed E-state index contributed by atoms with van der Waals surface area (Å²) in [6, 6.07) is 11.7. The molecule has 4 aliphatic rings. The van der Waals surface area contributed by atoms with Crippen molar-refractivity contribution in [1.82, 2.24) is 14.8 Å². The summed E-state index contributed by atoms with van der Waals surface area (Å²) in [6.07, 6.45) is 4.69. The highest BCUT2D eigenvalue weighted by atomic mass is 16.6. The van der Waals surface area contributed by atoms with Gasteiger partial charge in [0.05, 0.1) is 36.1 Å². The zero-order chi connectivity index (χ0) is 25.1. The Labute approximate surface area is 208 Å². The minimum atomic E-state index is -0.591. The summed E-state index contributed by atoms with van der Waals surface area (Å²) in [5.74, 6) is 0.0473. The Morgan fingerprint density at radius 1 is 1.19 bits per heavy atom. The van der Waals surface area contributed by atoms with E-state index >= 15 is 0 Å².